The number of halogens is 2. The van der Waals surface area contributed by atoms with E-state index in [-0.39, 0.29) is 0 Å². The average molecular weight is 326 g/mol. The van der Waals surface area contributed by atoms with Crippen molar-refractivity contribution < 1.29 is 0 Å². The summed E-state index contributed by atoms with van der Waals surface area (Å²) in [6.45, 7) is 1.78. The summed E-state index contributed by atoms with van der Waals surface area (Å²) in [6.07, 6.45) is 4.69. The maximum absolute atomic E-state index is 5.95. The van der Waals surface area contributed by atoms with Crippen LogP contribution < -0.4 is 5.32 Å². The van der Waals surface area contributed by atoms with Crippen LogP contribution in [0.25, 0.3) is 0 Å². The fourth-order valence-corrected chi connectivity index (χ4v) is 2.20. The molecule has 2 nitrogen and oxygen atoms in total. The Morgan fingerprint density at radius 3 is 2.83 bits per heavy atom. The largest absolute Gasteiger partial charge is 0.312 e. The van der Waals surface area contributed by atoms with Crippen LogP contribution in [0.15, 0.2) is 47.2 Å². The summed E-state index contributed by atoms with van der Waals surface area (Å²) in [5, 5.41) is 4.15. The molecule has 0 saturated heterocycles. The van der Waals surface area contributed by atoms with Gasteiger partial charge in [-0.2, -0.15) is 0 Å². The number of hydrogen-bond donors (Lipinski definition) is 1. The van der Waals surface area contributed by atoms with Crippen LogP contribution in [0, 0.1) is 0 Å². The third-order valence-electron chi connectivity index (χ3n) is 2.63. The molecule has 1 aromatic heterocycles. The van der Waals surface area contributed by atoms with Crippen LogP contribution in [0.2, 0.25) is 5.02 Å². The number of rotatable bonds is 5. The van der Waals surface area contributed by atoms with Gasteiger partial charge in [0.05, 0.1) is 5.02 Å². The van der Waals surface area contributed by atoms with Gasteiger partial charge in [0.1, 0.15) is 0 Å². The first kappa shape index (κ1) is 13.5. The van der Waals surface area contributed by atoms with Gasteiger partial charge in [-0.15, -0.1) is 0 Å². The smallest absolute Gasteiger partial charge is 0.0548 e. The maximum atomic E-state index is 5.95. The van der Waals surface area contributed by atoms with Crippen LogP contribution in [-0.2, 0) is 13.0 Å². The molecular weight excluding hydrogens is 312 g/mol. The molecular formula is C14H14BrClN2. The molecule has 0 radical (unpaired) electrons. The van der Waals surface area contributed by atoms with E-state index in [0.29, 0.717) is 0 Å². The van der Waals surface area contributed by atoms with E-state index in [1.165, 1.54) is 11.1 Å². The Balaban J connectivity index is 1.77. The topological polar surface area (TPSA) is 24.9 Å². The molecule has 2 aromatic rings. The van der Waals surface area contributed by atoms with Gasteiger partial charge in [-0.25, -0.2) is 0 Å². The van der Waals surface area contributed by atoms with Crippen molar-refractivity contribution in [3.05, 3.63) is 63.3 Å². The van der Waals surface area contributed by atoms with Gasteiger partial charge in [0.15, 0.2) is 0 Å². The molecule has 1 heterocycles. The first-order chi connectivity index (χ1) is 8.75. The zero-order chi connectivity index (χ0) is 12.8. The summed E-state index contributed by atoms with van der Waals surface area (Å²) >= 11 is 9.37. The number of nitrogens with zero attached hydrogens (tertiary/aromatic N) is 1. The van der Waals surface area contributed by atoms with Crippen LogP contribution in [-0.4, -0.2) is 11.5 Å². The zero-order valence-electron chi connectivity index (χ0n) is 9.87. The molecule has 94 valence electrons. The summed E-state index contributed by atoms with van der Waals surface area (Å²) in [6, 6.07) is 10.0. The predicted octanol–water partition coefficient (Wildman–Crippen LogP) is 3.83. The van der Waals surface area contributed by atoms with Gasteiger partial charge in [-0.05, 0) is 58.2 Å². The molecule has 0 aliphatic carbocycles. The molecule has 0 saturated carbocycles. The van der Waals surface area contributed by atoms with Gasteiger partial charge >= 0.3 is 0 Å². The van der Waals surface area contributed by atoms with Crippen molar-refractivity contribution in [1.29, 1.82) is 0 Å². The Kier molecular flexibility index (Phi) is 5.17. The van der Waals surface area contributed by atoms with E-state index in [1.54, 1.807) is 6.20 Å². The van der Waals surface area contributed by atoms with E-state index >= 15 is 0 Å². The second kappa shape index (κ2) is 6.88. The first-order valence-electron chi connectivity index (χ1n) is 5.79. The Morgan fingerprint density at radius 1 is 1.22 bits per heavy atom. The molecule has 0 aliphatic heterocycles. The van der Waals surface area contributed by atoms with E-state index in [4.69, 9.17) is 11.6 Å². The van der Waals surface area contributed by atoms with E-state index in [2.05, 4.69) is 32.3 Å². The monoisotopic (exact) mass is 324 g/mol. The molecule has 0 aliphatic rings. The fourth-order valence-electron chi connectivity index (χ4n) is 1.66. The second-order valence-corrected chi connectivity index (χ2v) is 5.30. The highest BCUT2D eigenvalue weighted by Crippen LogP contribution is 2.23. The highest BCUT2D eigenvalue weighted by atomic mass is 79.9. The van der Waals surface area contributed by atoms with Gasteiger partial charge in [0.2, 0.25) is 0 Å². The molecule has 1 N–H and O–H groups in total. The maximum Gasteiger partial charge on any atom is 0.0548 e. The number of hydrogen-bond acceptors (Lipinski definition) is 2. The predicted molar refractivity (Wildman–Crippen MR) is 78.8 cm³/mol. The zero-order valence-corrected chi connectivity index (χ0v) is 12.2. The Hall–Kier alpha value is -0.900. The van der Waals surface area contributed by atoms with Gasteiger partial charge in [-0.3, -0.25) is 4.98 Å². The van der Waals surface area contributed by atoms with Gasteiger partial charge in [0, 0.05) is 23.4 Å². The third kappa shape index (κ3) is 4.09. The third-order valence-corrected chi connectivity index (χ3v) is 3.84. The molecule has 0 bridgehead atoms. The Labute approximate surface area is 121 Å². The minimum absolute atomic E-state index is 0.745. The molecule has 4 heteroatoms. The summed E-state index contributed by atoms with van der Waals surface area (Å²) in [7, 11) is 0. The minimum Gasteiger partial charge on any atom is -0.312 e. The summed E-state index contributed by atoms with van der Waals surface area (Å²) in [5.74, 6) is 0. The highest BCUT2D eigenvalue weighted by Gasteiger charge is 1.99. The summed E-state index contributed by atoms with van der Waals surface area (Å²) < 4.78 is 0.940. The SMILES string of the molecule is Clc1ccc(CNCCc2cccnc2)cc1Br. The average Bonchev–Trinajstić information content (AvgIpc) is 2.40. The number of pyridine rings is 1. The lowest BCUT2D eigenvalue weighted by Gasteiger charge is -2.06. The lowest BCUT2D eigenvalue weighted by molar-refractivity contribution is 0.686. The molecule has 18 heavy (non-hydrogen) atoms. The second-order valence-electron chi connectivity index (χ2n) is 4.04. The fraction of sp³-hybridized carbons (Fsp3) is 0.214. The van der Waals surface area contributed by atoms with Crippen molar-refractivity contribution in [2.24, 2.45) is 0 Å². The van der Waals surface area contributed by atoms with Crippen molar-refractivity contribution in [3.63, 3.8) is 0 Å². The lowest BCUT2D eigenvalue weighted by Crippen LogP contribution is -2.16. The standard InChI is InChI=1S/C14H14BrClN2/c15-13-8-12(3-4-14(13)16)10-18-7-5-11-2-1-6-17-9-11/h1-4,6,8-9,18H,5,7,10H2. The van der Waals surface area contributed by atoms with E-state index in [9.17, 15) is 0 Å². The van der Waals surface area contributed by atoms with Crippen molar-refractivity contribution in [1.82, 2.24) is 10.3 Å². The van der Waals surface area contributed by atoms with Crippen LogP contribution >= 0.6 is 27.5 Å². The number of nitrogens with one attached hydrogen (secondary N) is 1. The Morgan fingerprint density at radius 2 is 2.11 bits per heavy atom. The molecule has 1 aromatic carbocycles. The van der Waals surface area contributed by atoms with Gasteiger partial charge < -0.3 is 5.32 Å². The van der Waals surface area contributed by atoms with E-state index in [0.717, 1.165) is 29.0 Å². The van der Waals surface area contributed by atoms with Crippen LogP contribution in [0.4, 0.5) is 0 Å². The molecule has 0 amide bonds. The van der Waals surface area contributed by atoms with Crippen molar-refractivity contribution in [2.75, 3.05) is 6.54 Å². The molecule has 0 atom stereocenters. The van der Waals surface area contributed by atoms with Crippen molar-refractivity contribution in [3.8, 4) is 0 Å². The first-order valence-corrected chi connectivity index (χ1v) is 6.96. The quantitative estimate of drug-likeness (QED) is 0.845. The minimum atomic E-state index is 0.745. The van der Waals surface area contributed by atoms with E-state index in [1.807, 2.05) is 30.5 Å². The number of aromatic nitrogens is 1. The molecule has 0 fully saturated rings. The van der Waals surface area contributed by atoms with Gasteiger partial charge in [0.25, 0.3) is 0 Å². The Bertz CT molecular complexity index is 502. The summed E-state index contributed by atoms with van der Waals surface area (Å²) in [4.78, 5) is 4.09. The molecule has 0 spiro atoms. The van der Waals surface area contributed by atoms with Crippen LogP contribution in [0.5, 0.6) is 0 Å². The summed E-state index contributed by atoms with van der Waals surface area (Å²) in [5.41, 5.74) is 2.47. The molecule has 2 rings (SSSR count). The van der Waals surface area contributed by atoms with Gasteiger partial charge in [-0.1, -0.05) is 23.7 Å². The van der Waals surface area contributed by atoms with Crippen LogP contribution in [0.3, 0.4) is 0 Å². The van der Waals surface area contributed by atoms with Crippen molar-refractivity contribution >= 4 is 27.5 Å². The number of benzene rings is 1. The molecule has 0 unspecified atom stereocenters. The van der Waals surface area contributed by atoms with Crippen molar-refractivity contribution in [2.45, 2.75) is 13.0 Å². The highest BCUT2D eigenvalue weighted by molar-refractivity contribution is 9.10. The normalized spacial score (nSPS) is 10.6. The van der Waals surface area contributed by atoms with Crippen LogP contribution in [0.1, 0.15) is 11.1 Å². The lowest BCUT2D eigenvalue weighted by atomic mass is 10.2. The van der Waals surface area contributed by atoms with E-state index < -0.39 is 0 Å².